The van der Waals surface area contributed by atoms with E-state index in [2.05, 4.69) is 26.3 Å². The van der Waals surface area contributed by atoms with E-state index in [-0.39, 0.29) is 11.8 Å². The second-order valence-electron chi connectivity index (χ2n) is 6.96. The van der Waals surface area contributed by atoms with Gasteiger partial charge in [0.2, 0.25) is 15.9 Å². The summed E-state index contributed by atoms with van der Waals surface area (Å²) in [4.78, 5) is 12.7. The van der Waals surface area contributed by atoms with Crippen LogP contribution in [0.3, 0.4) is 0 Å². The fourth-order valence-electron chi connectivity index (χ4n) is 3.30. The van der Waals surface area contributed by atoms with Gasteiger partial charge in [-0.05, 0) is 54.2 Å². The molecule has 152 valence electrons. The molecule has 0 spiro atoms. The molecule has 1 aromatic carbocycles. The highest BCUT2D eigenvalue weighted by atomic mass is 79.9. The van der Waals surface area contributed by atoms with Crippen LogP contribution in [0.5, 0.6) is 0 Å². The van der Waals surface area contributed by atoms with Crippen molar-refractivity contribution in [1.29, 1.82) is 0 Å². The summed E-state index contributed by atoms with van der Waals surface area (Å²) in [5, 5.41) is 7.34. The summed E-state index contributed by atoms with van der Waals surface area (Å²) in [6, 6.07) is 8.44. The Morgan fingerprint density at radius 3 is 2.54 bits per heavy atom. The quantitative estimate of drug-likeness (QED) is 0.632. The Hall–Kier alpha value is -1.71. The normalized spacial score (nSPS) is 16.2. The van der Waals surface area contributed by atoms with Crippen LogP contribution in [0, 0.1) is 12.8 Å². The van der Waals surface area contributed by atoms with Crippen molar-refractivity contribution in [1.82, 2.24) is 19.4 Å². The van der Waals surface area contributed by atoms with E-state index in [1.807, 2.05) is 17.8 Å². The Bertz CT molecular complexity index is 887. The third-order valence-electron chi connectivity index (χ3n) is 4.96. The topological polar surface area (TPSA) is 84.3 Å². The number of hydrogen-bond donors (Lipinski definition) is 1. The summed E-state index contributed by atoms with van der Waals surface area (Å²) in [6.45, 7) is 4.00. The zero-order chi connectivity index (χ0) is 20.1. The summed E-state index contributed by atoms with van der Waals surface area (Å²) in [7, 11) is -3.48. The summed E-state index contributed by atoms with van der Waals surface area (Å²) < 4.78 is 29.6. The maximum atomic E-state index is 12.6. The van der Waals surface area contributed by atoms with Crippen LogP contribution in [0.1, 0.15) is 25.0 Å². The summed E-state index contributed by atoms with van der Waals surface area (Å²) >= 11 is 3.43. The maximum absolute atomic E-state index is 12.6. The molecule has 0 bridgehead atoms. The smallest absolute Gasteiger partial charge is 0.243 e. The van der Waals surface area contributed by atoms with E-state index in [9.17, 15) is 13.2 Å². The van der Waals surface area contributed by atoms with Crippen LogP contribution >= 0.6 is 15.9 Å². The van der Waals surface area contributed by atoms with E-state index in [1.54, 1.807) is 30.3 Å². The van der Waals surface area contributed by atoms with Crippen molar-refractivity contribution in [2.24, 2.45) is 5.92 Å². The molecule has 1 N–H and O–H groups in total. The molecule has 1 saturated heterocycles. The molecule has 0 aliphatic carbocycles. The van der Waals surface area contributed by atoms with Gasteiger partial charge in [-0.3, -0.25) is 9.48 Å². The highest BCUT2D eigenvalue weighted by Crippen LogP contribution is 2.23. The summed E-state index contributed by atoms with van der Waals surface area (Å²) in [5.74, 6) is -0.127. The molecule has 3 rings (SSSR count). The van der Waals surface area contributed by atoms with Gasteiger partial charge in [0.15, 0.2) is 0 Å². The van der Waals surface area contributed by atoms with E-state index in [1.165, 1.54) is 4.31 Å². The minimum absolute atomic E-state index is 0.00888. The molecule has 1 amide bonds. The van der Waals surface area contributed by atoms with E-state index in [0.29, 0.717) is 37.4 Å². The van der Waals surface area contributed by atoms with Crippen LogP contribution in [0.25, 0.3) is 0 Å². The van der Waals surface area contributed by atoms with Gasteiger partial charge in [-0.1, -0.05) is 18.2 Å². The van der Waals surface area contributed by atoms with Gasteiger partial charge in [0.25, 0.3) is 0 Å². The van der Waals surface area contributed by atoms with Crippen LogP contribution < -0.4 is 5.32 Å². The number of hydrogen-bond acceptors (Lipinski definition) is 4. The molecule has 0 unspecified atom stereocenters. The molecular weight excluding hydrogens is 444 g/mol. The Kier molecular flexibility index (Phi) is 6.90. The van der Waals surface area contributed by atoms with E-state index >= 15 is 0 Å². The molecule has 0 radical (unpaired) electrons. The van der Waals surface area contributed by atoms with Gasteiger partial charge in [0.1, 0.15) is 0 Å². The van der Waals surface area contributed by atoms with E-state index in [4.69, 9.17) is 0 Å². The van der Waals surface area contributed by atoms with Crippen molar-refractivity contribution in [2.45, 2.75) is 37.6 Å². The van der Waals surface area contributed by atoms with Gasteiger partial charge in [-0.15, -0.1) is 0 Å². The number of carbonyl (C=O) groups excluding carboxylic acids is 1. The maximum Gasteiger partial charge on any atom is 0.243 e. The third-order valence-corrected chi connectivity index (χ3v) is 7.65. The minimum Gasteiger partial charge on any atom is -0.356 e. The number of sulfonamides is 1. The van der Waals surface area contributed by atoms with Crippen molar-refractivity contribution in [3.05, 3.63) is 46.7 Å². The van der Waals surface area contributed by atoms with Gasteiger partial charge >= 0.3 is 0 Å². The van der Waals surface area contributed by atoms with Crippen molar-refractivity contribution in [3.8, 4) is 0 Å². The minimum atomic E-state index is -3.48. The first-order valence-electron chi connectivity index (χ1n) is 9.40. The zero-order valence-corrected chi connectivity index (χ0v) is 18.2. The largest absolute Gasteiger partial charge is 0.356 e. The summed E-state index contributed by atoms with van der Waals surface area (Å²) in [5.41, 5.74) is 0.946. The highest BCUT2D eigenvalue weighted by Gasteiger charge is 2.31. The monoisotopic (exact) mass is 468 g/mol. The molecule has 2 aromatic rings. The predicted molar refractivity (Wildman–Crippen MR) is 110 cm³/mol. The van der Waals surface area contributed by atoms with Crippen molar-refractivity contribution in [3.63, 3.8) is 0 Å². The number of nitrogens with zero attached hydrogens (tertiary/aromatic N) is 3. The van der Waals surface area contributed by atoms with Crippen molar-refractivity contribution >= 4 is 31.9 Å². The molecule has 1 aliphatic rings. The SMILES string of the molecule is Cc1nn(CCCNC(=O)C2CCN(S(=O)(=O)c3ccccc3)CC2)cc1Br. The average molecular weight is 469 g/mol. The lowest BCUT2D eigenvalue weighted by atomic mass is 9.97. The second kappa shape index (κ2) is 9.19. The van der Waals surface area contributed by atoms with Crippen molar-refractivity contribution < 1.29 is 13.2 Å². The Morgan fingerprint density at radius 1 is 1.25 bits per heavy atom. The first-order valence-corrected chi connectivity index (χ1v) is 11.6. The van der Waals surface area contributed by atoms with Gasteiger partial charge in [0.05, 0.1) is 15.1 Å². The lowest BCUT2D eigenvalue weighted by Gasteiger charge is -2.30. The molecular formula is C19H25BrN4O3S. The highest BCUT2D eigenvalue weighted by molar-refractivity contribution is 9.10. The standard InChI is InChI=1S/C19H25BrN4O3S/c1-15-18(20)14-23(22-15)11-5-10-21-19(25)16-8-12-24(13-9-16)28(26,27)17-6-3-2-4-7-17/h2-4,6-7,14,16H,5,8-13H2,1H3,(H,21,25). The predicted octanol–water partition coefficient (Wildman–Crippen LogP) is 2.56. The van der Waals surface area contributed by atoms with Crippen LogP contribution in [-0.4, -0.2) is 48.0 Å². The Balaban J connectivity index is 1.42. The third kappa shape index (κ3) is 5.01. The zero-order valence-electron chi connectivity index (χ0n) is 15.8. The number of carbonyl (C=O) groups is 1. The van der Waals surface area contributed by atoms with Gasteiger partial charge in [-0.25, -0.2) is 8.42 Å². The molecule has 0 saturated carbocycles. The van der Waals surface area contributed by atoms with E-state index in [0.717, 1.165) is 23.1 Å². The molecule has 9 heteroatoms. The first-order chi connectivity index (χ1) is 13.4. The number of rotatable bonds is 7. The van der Waals surface area contributed by atoms with Crippen LogP contribution in [0.4, 0.5) is 0 Å². The summed E-state index contributed by atoms with van der Waals surface area (Å²) in [6.07, 6.45) is 3.81. The van der Waals surface area contributed by atoms with Crippen LogP contribution in [0.15, 0.2) is 45.9 Å². The number of amides is 1. The fraction of sp³-hybridized carbons (Fsp3) is 0.474. The van der Waals surface area contributed by atoms with Gasteiger partial charge in [-0.2, -0.15) is 9.40 Å². The number of benzene rings is 1. The lowest BCUT2D eigenvalue weighted by Crippen LogP contribution is -2.43. The van der Waals surface area contributed by atoms with Gasteiger partial charge in [0, 0.05) is 38.3 Å². The number of piperidine rings is 1. The molecule has 1 fully saturated rings. The fourth-order valence-corrected chi connectivity index (χ4v) is 5.11. The molecule has 28 heavy (non-hydrogen) atoms. The van der Waals surface area contributed by atoms with Crippen LogP contribution in [0.2, 0.25) is 0 Å². The number of aryl methyl sites for hydroxylation is 2. The molecule has 1 aliphatic heterocycles. The first kappa shape index (κ1) is 21.0. The van der Waals surface area contributed by atoms with Gasteiger partial charge < -0.3 is 5.32 Å². The second-order valence-corrected chi connectivity index (χ2v) is 9.75. The van der Waals surface area contributed by atoms with E-state index < -0.39 is 10.0 Å². The number of nitrogens with one attached hydrogen (secondary N) is 1. The molecule has 7 nitrogen and oxygen atoms in total. The van der Waals surface area contributed by atoms with Crippen LogP contribution in [-0.2, 0) is 21.4 Å². The lowest BCUT2D eigenvalue weighted by molar-refractivity contribution is -0.126. The average Bonchev–Trinajstić information content (AvgIpc) is 3.03. The number of aromatic nitrogens is 2. The Labute approximate surface area is 174 Å². The van der Waals surface area contributed by atoms with Crippen molar-refractivity contribution in [2.75, 3.05) is 19.6 Å². The molecule has 1 aromatic heterocycles. The molecule has 0 atom stereocenters. The Morgan fingerprint density at radius 2 is 1.93 bits per heavy atom. The number of halogens is 1. The molecule has 2 heterocycles.